The lowest BCUT2D eigenvalue weighted by Gasteiger charge is -2.33. The number of nitrogens with one attached hydrogen (secondary N) is 1. The van der Waals surface area contributed by atoms with Gasteiger partial charge in [0.2, 0.25) is 0 Å². The molecule has 2 fully saturated rings. The van der Waals surface area contributed by atoms with Gasteiger partial charge in [-0.3, -0.25) is 34.7 Å². The monoisotopic (exact) mass is 675 g/mol. The zero-order chi connectivity index (χ0) is 34.3. The number of imide groups is 1. The van der Waals surface area contributed by atoms with Crippen LogP contribution in [0.15, 0.2) is 110 Å². The van der Waals surface area contributed by atoms with Crippen molar-refractivity contribution in [2.45, 2.75) is 50.9 Å². The Morgan fingerprint density at radius 1 is 0.549 bits per heavy atom. The molecule has 2 amide bonds. The molecule has 51 heavy (non-hydrogen) atoms. The van der Waals surface area contributed by atoms with Crippen molar-refractivity contribution in [1.82, 2.24) is 34.2 Å². The molecule has 0 saturated carbocycles. The number of likely N-dealkylation sites (tertiary alicyclic amines) is 2. The van der Waals surface area contributed by atoms with Gasteiger partial charge in [0, 0.05) is 109 Å². The number of hydrogen-bond donors (Lipinski definition) is 1. The van der Waals surface area contributed by atoms with Gasteiger partial charge in [-0.1, -0.05) is 48.5 Å². The Balaban J connectivity index is 1.04. The molecule has 0 unspecified atom stereocenters. The fourth-order valence-electron chi connectivity index (χ4n) is 8.53. The molecule has 2 saturated heterocycles. The van der Waals surface area contributed by atoms with E-state index >= 15 is 0 Å². The van der Waals surface area contributed by atoms with Gasteiger partial charge in [0.25, 0.3) is 11.8 Å². The Kier molecular flexibility index (Phi) is 8.30. The fourth-order valence-corrected chi connectivity index (χ4v) is 8.53. The molecule has 0 atom stereocenters. The molecule has 9 heteroatoms. The molecule has 6 aromatic rings. The third kappa shape index (κ3) is 5.96. The van der Waals surface area contributed by atoms with Crippen molar-refractivity contribution >= 4 is 44.8 Å². The molecule has 1 N–H and O–H groups in total. The number of amides is 2. The first-order valence-electron chi connectivity index (χ1n) is 18.1. The molecule has 0 spiro atoms. The number of nitrogens with zero attached hydrogens (tertiary/aromatic N) is 6. The number of aromatic nitrogens is 4. The normalized spacial score (nSPS) is 18.4. The van der Waals surface area contributed by atoms with E-state index in [1.165, 1.54) is 0 Å². The van der Waals surface area contributed by atoms with Crippen molar-refractivity contribution in [2.75, 3.05) is 26.2 Å². The molecule has 9 nitrogen and oxygen atoms in total. The summed E-state index contributed by atoms with van der Waals surface area (Å²) in [6.07, 6.45) is 12.0. The van der Waals surface area contributed by atoms with Crippen molar-refractivity contribution in [2.24, 2.45) is 0 Å². The molecule has 2 aromatic carbocycles. The van der Waals surface area contributed by atoms with Gasteiger partial charge in [-0.25, -0.2) is 0 Å². The van der Waals surface area contributed by atoms with Gasteiger partial charge < -0.3 is 9.13 Å². The topological polar surface area (TPSA) is 88.3 Å². The van der Waals surface area contributed by atoms with Crippen LogP contribution in [0, 0.1) is 0 Å². The number of rotatable bonds is 8. The minimum Gasteiger partial charge on any atom is -0.344 e. The van der Waals surface area contributed by atoms with Gasteiger partial charge in [0.15, 0.2) is 0 Å². The maximum Gasteiger partial charge on any atom is 0.259 e. The lowest BCUT2D eigenvalue weighted by molar-refractivity contribution is -0.122. The van der Waals surface area contributed by atoms with Crippen LogP contribution in [-0.4, -0.2) is 66.9 Å². The minimum absolute atomic E-state index is 0.290. The lowest BCUT2D eigenvalue weighted by atomic mass is 9.95. The van der Waals surface area contributed by atoms with Gasteiger partial charge in [-0.2, -0.15) is 0 Å². The van der Waals surface area contributed by atoms with E-state index < -0.39 is 0 Å². The first-order chi connectivity index (χ1) is 25.1. The summed E-state index contributed by atoms with van der Waals surface area (Å²) in [6, 6.07) is 29.4. The molecule has 0 aliphatic carbocycles. The van der Waals surface area contributed by atoms with Crippen molar-refractivity contribution in [3.63, 3.8) is 0 Å². The molecular weight excluding hydrogens is 635 g/mol. The number of benzene rings is 2. The summed E-state index contributed by atoms with van der Waals surface area (Å²) in [5.74, 6) is -0.662. The number of para-hydroxylation sites is 2. The highest BCUT2D eigenvalue weighted by Crippen LogP contribution is 2.42. The Morgan fingerprint density at radius 3 is 1.37 bits per heavy atom. The molecule has 3 aliphatic rings. The van der Waals surface area contributed by atoms with E-state index in [2.05, 4.69) is 95.1 Å². The van der Waals surface area contributed by atoms with Crippen LogP contribution in [0.4, 0.5) is 0 Å². The van der Waals surface area contributed by atoms with Crippen LogP contribution in [0.5, 0.6) is 0 Å². The van der Waals surface area contributed by atoms with Crippen LogP contribution in [-0.2, 0) is 22.7 Å². The predicted octanol–water partition coefficient (Wildman–Crippen LogP) is 6.63. The van der Waals surface area contributed by atoms with E-state index in [1.807, 2.05) is 48.8 Å². The summed E-state index contributed by atoms with van der Waals surface area (Å²) in [5.41, 5.74) is 6.94. The van der Waals surface area contributed by atoms with Crippen LogP contribution in [0.3, 0.4) is 0 Å². The minimum atomic E-state index is -0.331. The van der Waals surface area contributed by atoms with Crippen molar-refractivity contribution in [3.05, 3.63) is 132 Å². The zero-order valence-corrected chi connectivity index (χ0v) is 28.6. The van der Waals surface area contributed by atoms with Gasteiger partial charge in [-0.05, 0) is 62.1 Å². The van der Waals surface area contributed by atoms with Crippen molar-refractivity contribution in [3.8, 4) is 0 Å². The Morgan fingerprint density at radius 2 is 0.961 bits per heavy atom. The smallest absolute Gasteiger partial charge is 0.259 e. The van der Waals surface area contributed by atoms with Crippen LogP contribution >= 0.6 is 0 Å². The van der Waals surface area contributed by atoms with Crippen molar-refractivity contribution < 1.29 is 9.59 Å². The van der Waals surface area contributed by atoms with E-state index in [1.54, 1.807) is 0 Å². The second-order valence-electron chi connectivity index (χ2n) is 14.1. The van der Waals surface area contributed by atoms with Gasteiger partial charge >= 0.3 is 0 Å². The number of fused-ring (bicyclic) bond motifs is 2. The summed E-state index contributed by atoms with van der Waals surface area (Å²) < 4.78 is 4.71. The average molecular weight is 676 g/mol. The van der Waals surface area contributed by atoms with Crippen LogP contribution < -0.4 is 5.32 Å². The highest BCUT2D eigenvalue weighted by molar-refractivity contribution is 6.50. The Labute approximate surface area is 297 Å². The second kappa shape index (κ2) is 13.4. The Hall–Kier alpha value is -5.38. The van der Waals surface area contributed by atoms with E-state index in [4.69, 9.17) is 0 Å². The summed E-state index contributed by atoms with van der Waals surface area (Å²) in [5, 5.41) is 4.67. The summed E-state index contributed by atoms with van der Waals surface area (Å²) in [6.45, 7) is 5.58. The second-order valence-corrected chi connectivity index (χ2v) is 14.1. The zero-order valence-electron chi connectivity index (χ0n) is 28.6. The summed E-state index contributed by atoms with van der Waals surface area (Å²) in [4.78, 5) is 41.6. The Bertz CT molecular complexity index is 2100. The molecule has 4 aromatic heterocycles. The van der Waals surface area contributed by atoms with Crippen LogP contribution in [0.2, 0.25) is 0 Å². The van der Waals surface area contributed by atoms with Crippen molar-refractivity contribution in [1.29, 1.82) is 0 Å². The van der Waals surface area contributed by atoms with Crippen LogP contribution in [0.25, 0.3) is 33.0 Å². The molecule has 0 bridgehead atoms. The third-order valence-corrected chi connectivity index (χ3v) is 11.1. The molecule has 9 rings (SSSR count). The lowest BCUT2D eigenvalue weighted by Crippen LogP contribution is -2.34. The highest BCUT2D eigenvalue weighted by atomic mass is 16.2. The number of pyridine rings is 2. The van der Waals surface area contributed by atoms with Gasteiger partial charge in [0.1, 0.15) is 0 Å². The number of carbonyl (C=O) groups is 2. The maximum atomic E-state index is 13.8. The summed E-state index contributed by atoms with van der Waals surface area (Å²) in [7, 11) is 0. The molecule has 3 aliphatic heterocycles. The average Bonchev–Trinajstić information content (AvgIpc) is 3.83. The molecule has 7 heterocycles. The van der Waals surface area contributed by atoms with Gasteiger partial charge in [-0.15, -0.1) is 0 Å². The van der Waals surface area contributed by atoms with Gasteiger partial charge in [0.05, 0.1) is 22.5 Å². The first kappa shape index (κ1) is 31.6. The largest absolute Gasteiger partial charge is 0.344 e. The molecular formula is C42H41N7O2. The number of piperidine rings is 2. The third-order valence-electron chi connectivity index (χ3n) is 11.1. The molecule has 0 radical (unpaired) electrons. The maximum absolute atomic E-state index is 13.8. The van der Waals surface area contributed by atoms with E-state index in [0.717, 1.165) is 109 Å². The number of hydrogen-bond acceptors (Lipinski definition) is 6. The van der Waals surface area contributed by atoms with E-state index in [-0.39, 0.29) is 11.8 Å². The summed E-state index contributed by atoms with van der Waals surface area (Å²) >= 11 is 0. The number of carbonyl (C=O) groups excluding carboxylic acids is 2. The fraction of sp³-hybridized carbons (Fsp3) is 0.286. The predicted molar refractivity (Wildman–Crippen MR) is 199 cm³/mol. The quantitative estimate of drug-likeness (QED) is 0.182. The SMILES string of the molecule is O=C1NC(=O)C(c2cn(C3CCN(Cc4ccccn4)CC3)c3ccccc23)=C1c1cn(C2CCN(Cc3ccccn3)CC2)c2ccccc12. The standard InChI is InChI=1S/C42H41N7O2/c50-41-39(35-27-48(37-13-3-1-11-33(35)37)31-15-21-46(22-16-31)25-29-9-5-7-19-43-29)40(42(51)45-41)36-28-49(38-14-4-2-12-34(36)38)32-17-23-47(24-18-32)26-30-10-6-8-20-44-30/h1-14,19-20,27-28,31-32H,15-18,21-26H2,(H,45,50,51). The van der Waals surface area contributed by atoms with E-state index in [9.17, 15) is 9.59 Å². The highest BCUT2D eigenvalue weighted by Gasteiger charge is 2.36. The van der Waals surface area contributed by atoms with E-state index in [0.29, 0.717) is 23.2 Å². The van der Waals surface area contributed by atoms with Crippen LogP contribution in [0.1, 0.15) is 60.3 Å². The first-order valence-corrected chi connectivity index (χ1v) is 18.1. The molecule has 256 valence electrons.